The molecule has 4 rings (SSSR count). The Morgan fingerprint density at radius 2 is 1.84 bits per heavy atom. The predicted octanol–water partition coefficient (Wildman–Crippen LogP) is 3.54. The van der Waals surface area contributed by atoms with Gasteiger partial charge in [-0.05, 0) is 25.1 Å². The number of para-hydroxylation sites is 1. The Bertz CT molecular complexity index is 964. The first kappa shape index (κ1) is 15.4. The van der Waals surface area contributed by atoms with E-state index >= 15 is 0 Å². The molecule has 0 radical (unpaired) electrons. The molecule has 3 amide bonds. The van der Waals surface area contributed by atoms with Crippen LogP contribution in [0.2, 0.25) is 0 Å². The van der Waals surface area contributed by atoms with Crippen LogP contribution in [-0.4, -0.2) is 16.8 Å². The van der Waals surface area contributed by atoms with Crippen molar-refractivity contribution in [3.05, 3.63) is 71.7 Å². The highest BCUT2D eigenvalue weighted by atomic mass is 19.1. The third-order valence-electron chi connectivity index (χ3n) is 4.48. The van der Waals surface area contributed by atoms with Gasteiger partial charge in [0, 0.05) is 10.9 Å². The zero-order chi connectivity index (χ0) is 17.6. The quantitative estimate of drug-likeness (QED) is 0.743. The molecule has 1 fully saturated rings. The van der Waals surface area contributed by atoms with Gasteiger partial charge >= 0.3 is 6.03 Å². The topological polar surface area (TPSA) is 62.6 Å². The number of benzene rings is 2. The van der Waals surface area contributed by atoms with Gasteiger partial charge in [-0.25, -0.2) is 9.18 Å². The second-order valence-electron chi connectivity index (χ2n) is 6.19. The minimum atomic E-state index is -1.32. The van der Waals surface area contributed by atoms with Gasteiger partial charge < -0.3 is 9.73 Å². The van der Waals surface area contributed by atoms with E-state index in [0.717, 1.165) is 10.3 Å². The molecule has 0 saturated carbocycles. The lowest BCUT2D eigenvalue weighted by Crippen LogP contribution is -2.40. The minimum Gasteiger partial charge on any atom is -0.458 e. The molecule has 6 heteroatoms. The van der Waals surface area contributed by atoms with Crippen LogP contribution in [0.25, 0.3) is 11.0 Å². The van der Waals surface area contributed by atoms with Gasteiger partial charge in [0.1, 0.15) is 17.2 Å². The summed E-state index contributed by atoms with van der Waals surface area (Å²) in [5, 5.41) is 3.51. The van der Waals surface area contributed by atoms with E-state index in [1.807, 2.05) is 18.2 Å². The van der Waals surface area contributed by atoms with Crippen LogP contribution in [0.1, 0.15) is 18.2 Å². The van der Waals surface area contributed by atoms with Gasteiger partial charge in [0.15, 0.2) is 5.54 Å². The monoisotopic (exact) mass is 338 g/mol. The van der Waals surface area contributed by atoms with Crippen molar-refractivity contribution >= 4 is 22.9 Å². The molecule has 126 valence electrons. The smallest absolute Gasteiger partial charge is 0.325 e. The standard InChI is InChI=1S/C19H15FN2O3/c1-19(16-10-12-6-3-5-9-15(12)25-16)17(23)22(18(24)21-19)11-13-7-2-4-8-14(13)20/h2-10H,11H2,1H3,(H,21,24)/t19-/m0/s1. The molecular formula is C19H15FN2O3. The summed E-state index contributed by atoms with van der Waals surface area (Å²) in [6.45, 7) is 1.46. The number of carbonyl (C=O) groups is 2. The van der Waals surface area contributed by atoms with Crippen molar-refractivity contribution in [2.45, 2.75) is 19.0 Å². The highest BCUT2D eigenvalue weighted by Gasteiger charge is 2.51. The van der Waals surface area contributed by atoms with Crippen molar-refractivity contribution in [3.8, 4) is 0 Å². The van der Waals surface area contributed by atoms with Gasteiger partial charge in [-0.3, -0.25) is 9.69 Å². The lowest BCUT2D eigenvalue weighted by molar-refractivity contribution is -0.132. The maximum atomic E-state index is 13.9. The Morgan fingerprint density at radius 1 is 1.12 bits per heavy atom. The average molecular weight is 338 g/mol. The van der Waals surface area contributed by atoms with E-state index < -0.39 is 23.3 Å². The van der Waals surface area contributed by atoms with E-state index in [4.69, 9.17) is 4.42 Å². The van der Waals surface area contributed by atoms with Gasteiger partial charge in [-0.1, -0.05) is 36.4 Å². The van der Waals surface area contributed by atoms with Crippen LogP contribution in [0, 0.1) is 5.82 Å². The van der Waals surface area contributed by atoms with E-state index in [9.17, 15) is 14.0 Å². The highest BCUT2D eigenvalue weighted by molar-refractivity contribution is 6.07. The molecule has 0 aliphatic carbocycles. The van der Waals surface area contributed by atoms with Crippen molar-refractivity contribution in [2.75, 3.05) is 0 Å². The molecule has 3 aromatic rings. The number of nitrogens with one attached hydrogen (secondary N) is 1. The second-order valence-corrected chi connectivity index (χ2v) is 6.19. The Labute approximate surface area is 143 Å². The van der Waals surface area contributed by atoms with Crippen LogP contribution < -0.4 is 5.32 Å². The number of nitrogens with zero attached hydrogens (tertiary/aromatic N) is 1. The number of carbonyl (C=O) groups excluding carboxylic acids is 2. The Hall–Kier alpha value is -3.15. The first-order chi connectivity index (χ1) is 12.0. The number of hydrogen-bond donors (Lipinski definition) is 1. The van der Waals surface area contributed by atoms with Crippen LogP contribution in [0.4, 0.5) is 9.18 Å². The third kappa shape index (κ3) is 2.38. The fourth-order valence-corrected chi connectivity index (χ4v) is 3.03. The van der Waals surface area contributed by atoms with Crippen LogP contribution in [0.15, 0.2) is 59.0 Å². The SMILES string of the molecule is C[C@@]1(c2cc3ccccc3o2)NC(=O)N(Cc2ccccc2F)C1=O. The predicted molar refractivity (Wildman–Crippen MR) is 89.0 cm³/mol. The molecule has 1 aromatic heterocycles. The number of rotatable bonds is 3. The molecule has 25 heavy (non-hydrogen) atoms. The molecule has 0 unspecified atom stereocenters. The van der Waals surface area contributed by atoms with E-state index in [1.165, 1.54) is 6.07 Å². The molecule has 0 spiro atoms. The number of furan rings is 1. The van der Waals surface area contributed by atoms with Crippen LogP contribution >= 0.6 is 0 Å². The summed E-state index contributed by atoms with van der Waals surface area (Å²) in [5.74, 6) is -0.580. The van der Waals surface area contributed by atoms with E-state index in [-0.39, 0.29) is 12.1 Å². The van der Waals surface area contributed by atoms with Crippen molar-refractivity contribution in [1.82, 2.24) is 10.2 Å². The van der Waals surface area contributed by atoms with Crippen molar-refractivity contribution in [2.24, 2.45) is 0 Å². The molecule has 1 aliphatic rings. The summed E-state index contributed by atoms with van der Waals surface area (Å²) in [6, 6.07) is 14.6. The number of urea groups is 1. The molecule has 1 aliphatic heterocycles. The number of imide groups is 1. The summed E-state index contributed by atoms with van der Waals surface area (Å²) < 4.78 is 19.6. The van der Waals surface area contributed by atoms with Gasteiger partial charge in [0.2, 0.25) is 0 Å². The first-order valence-electron chi connectivity index (χ1n) is 7.85. The summed E-state index contributed by atoms with van der Waals surface area (Å²) >= 11 is 0. The fourth-order valence-electron chi connectivity index (χ4n) is 3.03. The summed E-state index contributed by atoms with van der Waals surface area (Å²) in [4.78, 5) is 26.2. The minimum absolute atomic E-state index is 0.132. The van der Waals surface area contributed by atoms with Crippen LogP contribution in [0.5, 0.6) is 0 Å². The van der Waals surface area contributed by atoms with E-state index in [2.05, 4.69) is 5.32 Å². The van der Waals surface area contributed by atoms with E-state index in [1.54, 1.807) is 37.3 Å². The fraction of sp³-hybridized carbons (Fsp3) is 0.158. The average Bonchev–Trinajstić information content (AvgIpc) is 3.13. The summed E-state index contributed by atoms with van der Waals surface area (Å²) in [6.07, 6.45) is 0. The van der Waals surface area contributed by atoms with E-state index in [0.29, 0.717) is 11.3 Å². The number of hydrogen-bond acceptors (Lipinski definition) is 3. The first-order valence-corrected chi connectivity index (χ1v) is 7.85. The Kier molecular flexibility index (Phi) is 3.35. The van der Waals surface area contributed by atoms with Gasteiger partial charge in [-0.15, -0.1) is 0 Å². The molecule has 1 atom stereocenters. The molecular weight excluding hydrogens is 323 g/mol. The molecule has 5 nitrogen and oxygen atoms in total. The zero-order valence-corrected chi connectivity index (χ0v) is 13.5. The van der Waals surface area contributed by atoms with Crippen LogP contribution in [0.3, 0.4) is 0 Å². The van der Waals surface area contributed by atoms with Crippen LogP contribution in [-0.2, 0) is 16.9 Å². The largest absolute Gasteiger partial charge is 0.458 e. The van der Waals surface area contributed by atoms with Crippen molar-refractivity contribution in [3.63, 3.8) is 0 Å². The highest BCUT2D eigenvalue weighted by Crippen LogP contribution is 2.33. The number of halogens is 1. The van der Waals surface area contributed by atoms with Gasteiger partial charge in [0.25, 0.3) is 5.91 Å². The number of fused-ring (bicyclic) bond motifs is 1. The van der Waals surface area contributed by atoms with Crippen molar-refractivity contribution < 1.29 is 18.4 Å². The van der Waals surface area contributed by atoms with Gasteiger partial charge in [-0.2, -0.15) is 0 Å². The Balaban J connectivity index is 1.69. The maximum absolute atomic E-state index is 13.9. The molecule has 2 heterocycles. The Morgan fingerprint density at radius 3 is 2.60 bits per heavy atom. The lowest BCUT2D eigenvalue weighted by Gasteiger charge is -2.19. The molecule has 2 aromatic carbocycles. The maximum Gasteiger partial charge on any atom is 0.325 e. The second kappa shape index (κ2) is 5.44. The zero-order valence-electron chi connectivity index (χ0n) is 13.5. The molecule has 0 bridgehead atoms. The third-order valence-corrected chi connectivity index (χ3v) is 4.48. The summed E-state index contributed by atoms with van der Waals surface area (Å²) in [7, 11) is 0. The van der Waals surface area contributed by atoms with Crippen molar-refractivity contribution in [1.29, 1.82) is 0 Å². The van der Waals surface area contributed by atoms with Gasteiger partial charge in [0.05, 0.1) is 6.54 Å². The molecule has 1 N–H and O–H groups in total. The molecule has 1 saturated heterocycles. The normalized spacial score (nSPS) is 20.3. The number of amides is 3. The lowest BCUT2D eigenvalue weighted by atomic mass is 9.98. The summed E-state index contributed by atoms with van der Waals surface area (Å²) in [5.41, 5.74) is -0.408.